The zero-order valence-electron chi connectivity index (χ0n) is 16.5. The van der Waals surface area contributed by atoms with E-state index >= 15 is 0 Å². The Hall–Kier alpha value is -1.01. The summed E-state index contributed by atoms with van der Waals surface area (Å²) in [4.78, 5) is 12.7. The van der Waals surface area contributed by atoms with Crippen molar-refractivity contribution in [3.05, 3.63) is 12.7 Å². The minimum atomic E-state index is -3.22. The van der Waals surface area contributed by atoms with Crippen LogP contribution in [0.15, 0.2) is 12.7 Å². The Morgan fingerprint density at radius 2 is 1.82 bits per heavy atom. The predicted octanol–water partition coefficient (Wildman–Crippen LogP) is 2.12. The second kappa shape index (κ2) is 8.39. The summed E-state index contributed by atoms with van der Waals surface area (Å²) in [5.41, 5.74) is 7.08. The molecule has 2 aromatic heterocycles. The Labute approximate surface area is 169 Å². The number of nitrogen functional groups attached to an aromatic ring is 1. The van der Waals surface area contributed by atoms with Gasteiger partial charge >= 0.3 is 170 Å². The zero-order chi connectivity index (χ0) is 19.7. The van der Waals surface area contributed by atoms with Crippen molar-refractivity contribution in [1.29, 1.82) is 0 Å². The van der Waals surface area contributed by atoms with Gasteiger partial charge in [-0.05, 0) is 0 Å². The minimum absolute atomic E-state index is 0.103. The van der Waals surface area contributed by atoms with Crippen LogP contribution < -0.4 is 5.73 Å². The topological polar surface area (TPSA) is 118 Å². The van der Waals surface area contributed by atoms with Crippen LogP contribution in [-0.2, 0) is 10.9 Å². The van der Waals surface area contributed by atoms with Crippen LogP contribution in [0.1, 0.15) is 45.8 Å². The van der Waals surface area contributed by atoms with E-state index < -0.39 is 31.5 Å². The molecule has 4 rings (SSSR count). The third kappa shape index (κ3) is 3.51. The van der Waals surface area contributed by atoms with E-state index in [0.717, 1.165) is 34.6 Å². The molecule has 2 saturated heterocycles. The van der Waals surface area contributed by atoms with Crippen molar-refractivity contribution in [3.8, 4) is 0 Å². The summed E-state index contributed by atoms with van der Waals surface area (Å²) in [6.45, 7) is 4.28. The molecule has 9 nitrogen and oxygen atoms in total. The number of hydrogen-bond acceptors (Lipinski definition) is 8. The van der Waals surface area contributed by atoms with Crippen molar-refractivity contribution in [2.75, 3.05) is 12.3 Å². The second-order valence-electron chi connectivity index (χ2n) is 7.61. The summed E-state index contributed by atoms with van der Waals surface area (Å²) < 4.78 is 23.5. The first kappa shape index (κ1) is 20.3. The molecule has 2 aliphatic rings. The fourth-order valence-corrected chi connectivity index (χ4v) is 15.9. The summed E-state index contributed by atoms with van der Waals surface area (Å²) in [6, 6.07) is 0. The molecule has 10 heteroatoms. The predicted molar refractivity (Wildman–Crippen MR) is 106 cm³/mol. The average Bonchev–Trinajstić information content (AvgIpc) is 3.37. The third-order valence-electron chi connectivity index (χ3n) is 5.65. The number of fused-ring (bicyclic) bond motifs is 2. The van der Waals surface area contributed by atoms with Gasteiger partial charge in [0, 0.05) is 0 Å². The number of ether oxygens (including phenoxy) is 1. The van der Waals surface area contributed by atoms with E-state index in [0.29, 0.717) is 17.0 Å². The molecule has 154 valence electrons. The van der Waals surface area contributed by atoms with E-state index in [2.05, 4.69) is 28.8 Å². The Bertz CT molecular complexity index is 810. The molecule has 2 fully saturated rings. The Balaban J connectivity index is 1.66. The van der Waals surface area contributed by atoms with Gasteiger partial charge in [0.25, 0.3) is 0 Å². The molecule has 0 bridgehead atoms. The Kier molecular flexibility index (Phi) is 6.07. The zero-order valence-corrected chi connectivity index (χ0v) is 19.3. The van der Waals surface area contributed by atoms with E-state index in [9.17, 15) is 5.11 Å². The summed E-state index contributed by atoms with van der Waals surface area (Å²) in [5, 5.41) is 9.90. The number of hydrogen-bond donors (Lipinski definition) is 2. The number of unbranched alkanes of at least 4 members (excludes halogenated alkanes) is 2. The van der Waals surface area contributed by atoms with Gasteiger partial charge in [0.05, 0.1) is 0 Å². The number of aliphatic hydroxyl groups excluding tert-OH is 1. The molecule has 2 aliphatic heterocycles. The molecule has 0 saturated carbocycles. The van der Waals surface area contributed by atoms with E-state index in [-0.39, 0.29) is 18.8 Å². The Morgan fingerprint density at radius 1 is 1.11 bits per heavy atom. The molecule has 0 spiro atoms. The quantitative estimate of drug-likeness (QED) is 0.532. The SMILES string of the molecule is CCC[CH2][Sn]1([CH2]CCC)[O]C2[C@@H]([O]1)[C@@H](CO)O[C@H]2n1cnc2c(N)ncnc21. The number of nitrogens with zero attached hydrogens (tertiary/aromatic N) is 4. The molecule has 0 amide bonds. The third-order valence-corrected chi connectivity index (χ3v) is 16.0. The van der Waals surface area contributed by atoms with Gasteiger partial charge in [0.2, 0.25) is 0 Å². The maximum absolute atomic E-state index is 9.90. The molecule has 4 heterocycles. The monoisotopic (exact) mass is 499 g/mol. The van der Waals surface area contributed by atoms with E-state index in [4.69, 9.17) is 16.6 Å². The molecule has 28 heavy (non-hydrogen) atoms. The number of nitrogens with two attached hydrogens (primary N) is 1. The fourth-order valence-electron chi connectivity index (χ4n) is 4.18. The first-order valence-electron chi connectivity index (χ1n) is 10.2. The number of imidazole rings is 1. The van der Waals surface area contributed by atoms with Crippen molar-refractivity contribution >= 4 is 36.2 Å². The number of aromatic nitrogens is 4. The van der Waals surface area contributed by atoms with E-state index in [1.54, 1.807) is 6.33 Å². The van der Waals surface area contributed by atoms with Gasteiger partial charge in [0.1, 0.15) is 0 Å². The van der Waals surface area contributed by atoms with Crippen LogP contribution in [0.4, 0.5) is 5.82 Å². The van der Waals surface area contributed by atoms with Gasteiger partial charge in [-0.2, -0.15) is 0 Å². The van der Waals surface area contributed by atoms with Gasteiger partial charge in [-0.1, -0.05) is 0 Å². The first-order chi connectivity index (χ1) is 13.6. The van der Waals surface area contributed by atoms with Crippen LogP contribution in [0.25, 0.3) is 11.2 Å². The average molecular weight is 498 g/mol. The molecule has 3 N–H and O–H groups in total. The first-order valence-corrected chi connectivity index (χ1v) is 16.5. The van der Waals surface area contributed by atoms with Crippen LogP contribution in [0.3, 0.4) is 0 Å². The number of aliphatic hydroxyl groups is 1. The summed E-state index contributed by atoms with van der Waals surface area (Å²) in [6.07, 6.45) is 6.22. The summed E-state index contributed by atoms with van der Waals surface area (Å²) in [7, 11) is 0. The molecule has 2 aromatic rings. The van der Waals surface area contributed by atoms with Crippen LogP contribution in [0.5, 0.6) is 0 Å². The van der Waals surface area contributed by atoms with Crippen LogP contribution in [0.2, 0.25) is 8.87 Å². The standard InChI is InChI=1S/C10H11N5O4.2C4H9.Sn/c11-8-5-9(13-2-12-8)15(3-14-5)10-7(18)6(17)4(1-16)19-10;2*1-3-4-2;/h2-4,6-7,10,16H,1H2,(H2,11,12,13);2*1,3-4H2,2H3;/q-2;;;+2/t4-,6+,7?,10-;;;/m1.../s1. The van der Waals surface area contributed by atoms with Gasteiger partial charge in [-0.15, -0.1) is 0 Å². The molecule has 0 aromatic carbocycles. The van der Waals surface area contributed by atoms with Crippen molar-refractivity contribution in [2.24, 2.45) is 0 Å². The van der Waals surface area contributed by atoms with E-state index in [1.165, 1.54) is 6.33 Å². The Morgan fingerprint density at radius 3 is 2.50 bits per heavy atom. The molecule has 4 atom stereocenters. The van der Waals surface area contributed by atoms with Crippen molar-refractivity contribution in [3.63, 3.8) is 0 Å². The maximum atomic E-state index is 9.90. The number of anilines is 1. The van der Waals surface area contributed by atoms with Gasteiger partial charge < -0.3 is 0 Å². The van der Waals surface area contributed by atoms with Crippen LogP contribution >= 0.6 is 0 Å². The van der Waals surface area contributed by atoms with E-state index in [1.807, 2.05) is 4.57 Å². The number of rotatable bonds is 8. The fraction of sp³-hybridized carbons (Fsp3) is 0.722. The van der Waals surface area contributed by atoms with Gasteiger partial charge in [0.15, 0.2) is 0 Å². The van der Waals surface area contributed by atoms with Crippen LogP contribution in [-0.4, -0.2) is 68.7 Å². The molecular weight excluding hydrogens is 469 g/mol. The van der Waals surface area contributed by atoms with Crippen LogP contribution in [0, 0.1) is 0 Å². The van der Waals surface area contributed by atoms with Crippen molar-refractivity contribution in [2.45, 2.75) is 72.9 Å². The van der Waals surface area contributed by atoms with Crippen molar-refractivity contribution in [1.82, 2.24) is 19.5 Å². The molecule has 0 aliphatic carbocycles. The van der Waals surface area contributed by atoms with Crippen molar-refractivity contribution < 1.29 is 16.0 Å². The second-order valence-corrected chi connectivity index (χ2v) is 17.0. The molecule has 1 unspecified atom stereocenters. The molecule has 0 radical (unpaired) electrons. The summed E-state index contributed by atoms with van der Waals surface area (Å²) in [5.74, 6) is 0.333. The normalized spacial score (nSPS) is 28.8. The van der Waals surface area contributed by atoms with Gasteiger partial charge in [-0.3, -0.25) is 0 Å². The van der Waals surface area contributed by atoms with Gasteiger partial charge in [-0.25, -0.2) is 0 Å². The summed E-state index contributed by atoms with van der Waals surface area (Å²) >= 11 is -3.22. The molecular formula is C18H29N5O4Sn.